The van der Waals surface area contributed by atoms with Crippen LogP contribution in [0.4, 0.5) is 26.3 Å². The van der Waals surface area contributed by atoms with Crippen molar-refractivity contribution in [2.75, 3.05) is 0 Å². The molecule has 1 unspecified atom stereocenters. The first-order valence-electron chi connectivity index (χ1n) is 11.4. The van der Waals surface area contributed by atoms with Gasteiger partial charge in [-0.3, -0.25) is 14.3 Å². The van der Waals surface area contributed by atoms with Gasteiger partial charge >= 0.3 is 18.2 Å². The van der Waals surface area contributed by atoms with Crippen molar-refractivity contribution in [3.05, 3.63) is 79.5 Å². The van der Waals surface area contributed by atoms with Gasteiger partial charge in [0.1, 0.15) is 10.9 Å². The first-order valence-corrected chi connectivity index (χ1v) is 12.6. The highest BCUT2D eigenvalue weighted by molar-refractivity contribution is 7.22. The summed E-state index contributed by atoms with van der Waals surface area (Å²) in [6.07, 6.45) is -13.8. The van der Waals surface area contributed by atoms with Crippen molar-refractivity contribution < 1.29 is 40.9 Å². The standard InChI is InChI=1S/C25H19ClF6N2O5S/c1-11-19-21(36)33-23(37)34(10-18(35)24(27,28)29)22(19)40-20(11)14-6-7-16(17(9-14)39-25(30,31)32)38-12(2)13-4-3-5-15(26)8-13/h3-9,12,18,35H,10H2,1-2H3,(H,33,36,37)/t12?,18-/m1/s1. The third-order valence-corrected chi connectivity index (χ3v) is 7.45. The van der Waals surface area contributed by atoms with Crippen molar-refractivity contribution in [1.82, 2.24) is 9.55 Å². The molecule has 4 aromatic rings. The number of H-pyrrole nitrogens is 1. The summed E-state index contributed by atoms with van der Waals surface area (Å²) in [6, 6.07) is 10.1. The summed E-state index contributed by atoms with van der Waals surface area (Å²) in [7, 11) is 0. The third kappa shape index (κ3) is 6.29. The molecule has 2 N–H and O–H groups in total. The Balaban J connectivity index is 1.81. The summed E-state index contributed by atoms with van der Waals surface area (Å²) in [5.41, 5.74) is -1.22. The summed E-state index contributed by atoms with van der Waals surface area (Å²) >= 11 is 6.69. The smallest absolute Gasteiger partial charge is 0.482 e. The summed E-state index contributed by atoms with van der Waals surface area (Å²) in [5.74, 6) is -0.982. The van der Waals surface area contributed by atoms with Gasteiger partial charge in [0.05, 0.1) is 11.9 Å². The number of aryl methyl sites for hydroxylation is 1. The quantitative estimate of drug-likeness (QED) is 0.239. The van der Waals surface area contributed by atoms with Crippen molar-refractivity contribution in [2.24, 2.45) is 0 Å². The number of benzene rings is 2. The SMILES string of the molecule is Cc1c(-c2ccc(OC(C)c3cccc(Cl)c3)c(OC(F)(F)F)c2)sc2c1c(=O)[nH]c(=O)n2C[C@@H](O)C(F)(F)F. The second-order valence-corrected chi connectivity index (χ2v) is 10.1. The first-order chi connectivity index (χ1) is 18.5. The lowest BCUT2D eigenvalue weighted by atomic mass is 10.1. The number of fused-ring (bicyclic) bond motifs is 1. The Hall–Kier alpha value is -3.49. The zero-order chi connectivity index (χ0) is 29.6. The lowest BCUT2D eigenvalue weighted by Crippen LogP contribution is -2.38. The number of rotatable bonds is 7. The summed E-state index contributed by atoms with van der Waals surface area (Å²) < 4.78 is 89.3. The number of hydrogen-bond donors (Lipinski definition) is 2. The maximum atomic E-state index is 13.3. The van der Waals surface area contributed by atoms with E-state index in [2.05, 4.69) is 4.74 Å². The van der Waals surface area contributed by atoms with Crippen LogP contribution in [0.3, 0.4) is 0 Å². The minimum atomic E-state index is -5.10. The number of alkyl halides is 6. The van der Waals surface area contributed by atoms with E-state index in [1.165, 1.54) is 19.1 Å². The minimum absolute atomic E-state index is 0.107. The van der Waals surface area contributed by atoms with Crippen LogP contribution in [0.2, 0.25) is 5.02 Å². The molecule has 2 aromatic heterocycles. The van der Waals surface area contributed by atoms with Crippen LogP contribution in [0.1, 0.15) is 24.2 Å². The molecule has 0 bridgehead atoms. The number of nitrogens with one attached hydrogen (secondary N) is 1. The molecule has 4 rings (SSSR count). The number of ether oxygens (including phenoxy) is 2. The van der Waals surface area contributed by atoms with Gasteiger partial charge in [-0.05, 0) is 60.9 Å². The Morgan fingerprint density at radius 2 is 1.77 bits per heavy atom. The molecule has 0 saturated heterocycles. The van der Waals surface area contributed by atoms with Gasteiger partial charge in [0, 0.05) is 9.90 Å². The van der Waals surface area contributed by atoms with E-state index in [0.717, 1.165) is 6.07 Å². The zero-order valence-corrected chi connectivity index (χ0v) is 22.1. The molecule has 0 spiro atoms. The van der Waals surface area contributed by atoms with E-state index in [1.807, 2.05) is 4.98 Å². The van der Waals surface area contributed by atoms with Crippen LogP contribution in [0.15, 0.2) is 52.1 Å². The Kier molecular flexibility index (Phi) is 7.98. The largest absolute Gasteiger partial charge is 0.573 e. The maximum Gasteiger partial charge on any atom is 0.573 e. The molecule has 0 fully saturated rings. The molecule has 0 saturated carbocycles. The molecule has 214 valence electrons. The molecule has 0 radical (unpaired) electrons. The average molecular weight is 609 g/mol. The monoisotopic (exact) mass is 608 g/mol. The van der Waals surface area contributed by atoms with Gasteiger partial charge in [-0.1, -0.05) is 23.7 Å². The van der Waals surface area contributed by atoms with Crippen LogP contribution >= 0.6 is 22.9 Å². The minimum Gasteiger partial charge on any atom is -0.482 e. The third-order valence-electron chi connectivity index (χ3n) is 5.85. The van der Waals surface area contributed by atoms with Gasteiger partial charge in [-0.2, -0.15) is 13.2 Å². The molecular weight excluding hydrogens is 590 g/mol. The first kappa shape index (κ1) is 29.5. The van der Waals surface area contributed by atoms with Gasteiger partial charge in [0.15, 0.2) is 17.6 Å². The molecule has 40 heavy (non-hydrogen) atoms. The molecule has 2 atom stereocenters. The predicted molar refractivity (Wildman–Crippen MR) is 136 cm³/mol. The van der Waals surface area contributed by atoms with E-state index in [9.17, 15) is 41.0 Å². The molecular formula is C25H19ClF6N2O5S. The number of aromatic amines is 1. The fourth-order valence-electron chi connectivity index (χ4n) is 3.96. The van der Waals surface area contributed by atoms with Gasteiger partial charge in [0.2, 0.25) is 0 Å². The van der Waals surface area contributed by atoms with Gasteiger partial charge in [-0.25, -0.2) is 4.79 Å². The molecule has 0 aliphatic rings. The van der Waals surface area contributed by atoms with Crippen molar-refractivity contribution in [2.45, 2.75) is 45.1 Å². The molecule has 7 nitrogen and oxygen atoms in total. The fourth-order valence-corrected chi connectivity index (χ4v) is 5.47. The van der Waals surface area contributed by atoms with E-state index < -0.39 is 48.3 Å². The van der Waals surface area contributed by atoms with Crippen LogP contribution in [-0.4, -0.2) is 33.3 Å². The van der Waals surface area contributed by atoms with Crippen molar-refractivity contribution in [1.29, 1.82) is 0 Å². The molecule has 0 amide bonds. The van der Waals surface area contributed by atoms with Gasteiger partial charge < -0.3 is 14.6 Å². The second kappa shape index (κ2) is 10.8. The molecule has 0 aliphatic heterocycles. The van der Waals surface area contributed by atoms with Crippen LogP contribution in [-0.2, 0) is 6.54 Å². The van der Waals surface area contributed by atoms with Crippen molar-refractivity contribution in [3.8, 4) is 21.9 Å². The number of nitrogens with zero attached hydrogens (tertiary/aromatic N) is 1. The normalized spacial score (nSPS) is 13.8. The highest BCUT2D eigenvalue weighted by Gasteiger charge is 2.39. The van der Waals surface area contributed by atoms with Crippen molar-refractivity contribution in [3.63, 3.8) is 0 Å². The highest BCUT2D eigenvalue weighted by Crippen LogP contribution is 2.42. The van der Waals surface area contributed by atoms with E-state index >= 15 is 0 Å². The van der Waals surface area contributed by atoms with Crippen LogP contribution in [0.25, 0.3) is 20.7 Å². The number of aliphatic hydroxyl groups is 1. The molecule has 0 aliphatic carbocycles. The Morgan fingerprint density at radius 3 is 2.40 bits per heavy atom. The Bertz CT molecular complexity index is 1680. The van der Waals surface area contributed by atoms with E-state index in [0.29, 0.717) is 26.5 Å². The van der Waals surface area contributed by atoms with Crippen molar-refractivity contribution >= 4 is 33.2 Å². The summed E-state index contributed by atoms with van der Waals surface area (Å²) in [4.78, 5) is 26.8. The van der Waals surface area contributed by atoms with Gasteiger partial charge in [0.25, 0.3) is 5.56 Å². The van der Waals surface area contributed by atoms with Crippen LogP contribution in [0.5, 0.6) is 11.5 Å². The lowest BCUT2D eigenvalue weighted by molar-refractivity contribution is -0.275. The maximum absolute atomic E-state index is 13.3. The average Bonchev–Trinajstić information content (AvgIpc) is 3.18. The predicted octanol–water partition coefficient (Wildman–Crippen LogP) is 6.34. The number of aromatic nitrogens is 2. The topological polar surface area (TPSA) is 93.5 Å². The molecule has 2 heterocycles. The van der Waals surface area contributed by atoms with E-state index in [-0.39, 0.29) is 32.0 Å². The molecule has 15 heteroatoms. The second-order valence-electron chi connectivity index (χ2n) is 8.69. The lowest BCUT2D eigenvalue weighted by Gasteiger charge is -2.19. The van der Waals surface area contributed by atoms with Gasteiger partial charge in [-0.15, -0.1) is 24.5 Å². The zero-order valence-electron chi connectivity index (χ0n) is 20.5. The van der Waals surface area contributed by atoms with E-state index in [1.54, 1.807) is 31.2 Å². The Labute approximate surface area is 230 Å². The summed E-state index contributed by atoms with van der Waals surface area (Å²) in [6.45, 7) is 1.81. The number of hydrogen-bond acceptors (Lipinski definition) is 6. The highest BCUT2D eigenvalue weighted by atomic mass is 35.5. The number of halogens is 7. The Morgan fingerprint density at radius 1 is 1.07 bits per heavy atom. The fraction of sp³-hybridized carbons (Fsp3) is 0.280. The number of aliphatic hydroxyl groups excluding tert-OH is 1. The van der Waals surface area contributed by atoms with Crippen LogP contribution < -0.4 is 20.7 Å². The van der Waals surface area contributed by atoms with E-state index in [4.69, 9.17) is 16.3 Å². The van der Waals surface area contributed by atoms with Crippen LogP contribution in [0, 0.1) is 6.92 Å². The molecule has 2 aromatic carbocycles. The number of thiophene rings is 1. The summed E-state index contributed by atoms with van der Waals surface area (Å²) in [5, 5.41) is 9.76.